The SMILES string of the molecule is Cc1cc(SC=CC(=O)O)n(C)n1. The van der Waals surface area contributed by atoms with Crippen LogP contribution in [0.4, 0.5) is 0 Å². The predicted molar refractivity (Wildman–Crippen MR) is 50.6 cm³/mol. The summed E-state index contributed by atoms with van der Waals surface area (Å²) >= 11 is 1.34. The van der Waals surface area contributed by atoms with E-state index in [0.717, 1.165) is 16.8 Å². The van der Waals surface area contributed by atoms with Crippen molar-refractivity contribution in [1.29, 1.82) is 0 Å². The molecule has 0 radical (unpaired) electrons. The van der Waals surface area contributed by atoms with Crippen LogP contribution in [0, 0.1) is 6.92 Å². The Kier molecular flexibility index (Phi) is 3.13. The zero-order chi connectivity index (χ0) is 9.84. The Morgan fingerprint density at radius 1 is 1.77 bits per heavy atom. The summed E-state index contributed by atoms with van der Waals surface area (Å²) in [6, 6.07) is 1.90. The van der Waals surface area contributed by atoms with Crippen molar-refractivity contribution in [2.75, 3.05) is 0 Å². The molecule has 1 N–H and O–H groups in total. The average Bonchev–Trinajstić information content (AvgIpc) is 2.29. The third kappa shape index (κ3) is 2.95. The molecule has 0 saturated carbocycles. The summed E-state index contributed by atoms with van der Waals surface area (Å²) in [6.07, 6.45) is 1.10. The summed E-state index contributed by atoms with van der Waals surface area (Å²) in [7, 11) is 1.82. The van der Waals surface area contributed by atoms with Crippen molar-refractivity contribution in [3.05, 3.63) is 23.2 Å². The van der Waals surface area contributed by atoms with Crippen LogP contribution in [0.2, 0.25) is 0 Å². The molecule has 0 saturated heterocycles. The molecule has 0 spiro atoms. The highest BCUT2D eigenvalue weighted by Crippen LogP contribution is 2.18. The van der Waals surface area contributed by atoms with Gasteiger partial charge in [0.05, 0.1) is 10.7 Å². The molecule has 0 aliphatic rings. The summed E-state index contributed by atoms with van der Waals surface area (Å²) in [6.45, 7) is 1.89. The molecule has 1 heterocycles. The molecular formula is C8H10N2O2S. The van der Waals surface area contributed by atoms with Gasteiger partial charge >= 0.3 is 5.97 Å². The van der Waals surface area contributed by atoms with Crippen LogP contribution in [0.3, 0.4) is 0 Å². The Balaban J connectivity index is 2.64. The Bertz CT molecular complexity index is 344. The molecule has 1 aromatic rings. The molecule has 1 rings (SSSR count). The van der Waals surface area contributed by atoms with Gasteiger partial charge in [-0.3, -0.25) is 4.68 Å². The number of carboxylic acid groups (broad SMARTS) is 1. The molecule has 13 heavy (non-hydrogen) atoms. The number of hydrogen-bond donors (Lipinski definition) is 1. The highest BCUT2D eigenvalue weighted by Gasteiger charge is 1.99. The van der Waals surface area contributed by atoms with E-state index in [2.05, 4.69) is 5.10 Å². The van der Waals surface area contributed by atoms with Crippen molar-refractivity contribution >= 4 is 17.7 Å². The van der Waals surface area contributed by atoms with Gasteiger partial charge in [0.15, 0.2) is 0 Å². The molecule has 0 aliphatic heterocycles. The van der Waals surface area contributed by atoms with E-state index >= 15 is 0 Å². The van der Waals surface area contributed by atoms with Gasteiger partial charge in [0.1, 0.15) is 0 Å². The number of aryl methyl sites for hydroxylation is 2. The van der Waals surface area contributed by atoms with Crippen molar-refractivity contribution in [2.45, 2.75) is 11.9 Å². The lowest BCUT2D eigenvalue weighted by Gasteiger charge is -1.94. The highest BCUT2D eigenvalue weighted by atomic mass is 32.2. The van der Waals surface area contributed by atoms with Gasteiger partial charge in [0.25, 0.3) is 0 Å². The smallest absolute Gasteiger partial charge is 0.328 e. The van der Waals surface area contributed by atoms with E-state index in [-0.39, 0.29) is 0 Å². The van der Waals surface area contributed by atoms with E-state index in [1.807, 2.05) is 20.0 Å². The first kappa shape index (κ1) is 9.85. The van der Waals surface area contributed by atoms with Crippen molar-refractivity contribution in [3.8, 4) is 0 Å². The van der Waals surface area contributed by atoms with Gasteiger partial charge in [-0.05, 0) is 18.4 Å². The van der Waals surface area contributed by atoms with Gasteiger partial charge in [-0.2, -0.15) is 5.10 Å². The first-order chi connectivity index (χ1) is 6.09. The topological polar surface area (TPSA) is 55.1 Å². The Hall–Kier alpha value is -1.23. The number of hydrogen-bond acceptors (Lipinski definition) is 3. The number of rotatable bonds is 3. The standard InChI is InChI=1S/C8H10N2O2S/c1-6-5-7(10(2)9-6)13-4-3-8(11)12/h3-5H,1-2H3,(H,11,12). The van der Waals surface area contributed by atoms with Crippen LogP contribution in [-0.4, -0.2) is 20.9 Å². The van der Waals surface area contributed by atoms with Crippen LogP contribution < -0.4 is 0 Å². The maximum absolute atomic E-state index is 10.2. The summed E-state index contributed by atoms with van der Waals surface area (Å²) in [4.78, 5) is 10.2. The van der Waals surface area contributed by atoms with Gasteiger partial charge < -0.3 is 5.11 Å². The monoisotopic (exact) mass is 198 g/mol. The van der Waals surface area contributed by atoms with Crippen LogP contribution in [0.15, 0.2) is 22.6 Å². The van der Waals surface area contributed by atoms with Gasteiger partial charge in [-0.1, -0.05) is 11.8 Å². The third-order valence-electron chi connectivity index (χ3n) is 1.36. The maximum atomic E-state index is 10.2. The number of aromatic nitrogens is 2. The second-order valence-corrected chi connectivity index (χ2v) is 3.43. The molecule has 0 fully saturated rings. The molecule has 0 aliphatic carbocycles. The fraction of sp³-hybridized carbons (Fsp3) is 0.250. The molecule has 0 bridgehead atoms. The second-order valence-electron chi connectivity index (χ2n) is 2.51. The Morgan fingerprint density at radius 3 is 2.92 bits per heavy atom. The molecule has 5 heteroatoms. The van der Waals surface area contributed by atoms with Gasteiger partial charge in [0.2, 0.25) is 0 Å². The molecule has 0 atom stereocenters. The van der Waals surface area contributed by atoms with E-state index in [9.17, 15) is 4.79 Å². The molecular weight excluding hydrogens is 188 g/mol. The quantitative estimate of drug-likeness (QED) is 0.589. The Labute approximate surface area is 80.3 Å². The minimum atomic E-state index is -0.939. The first-order valence-electron chi connectivity index (χ1n) is 3.66. The van der Waals surface area contributed by atoms with Gasteiger partial charge in [0, 0.05) is 13.1 Å². The van der Waals surface area contributed by atoms with E-state index in [4.69, 9.17) is 5.11 Å². The van der Waals surface area contributed by atoms with E-state index < -0.39 is 5.97 Å². The van der Waals surface area contributed by atoms with Crippen LogP contribution in [0.5, 0.6) is 0 Å². The van der Waals surface area contributed by atoms with Crippen LogP contribution in [0.25, 0.3) is 0 Å². The van der Waals surface area contributed by atoms with Gasteiger partial charge in [-0.15, -0.1) is 0 Å². The first-order valence-corrected chi connectivity index (χ1v) is 4.54. The summed E-state index contributed by atoms with van der Waals surface area (Å²) in [5, 5.41) is 14.9. The van der Waals surface area contributed by atoms with Crippen molar-refractivity contribution in [1.82, 2.24) is 9.78 Å². The van der Waals surface area contributed by atoms with Crippen molar-refractivity contribution < 1.29 is 9.90 Å². The minimum Gasteiger partial charge on any atom is -0.478 e. The minimum absolute atomic E-state index is 0.925. The normalized spacial score (nSPS) is 10.9. The number of thioether (sulfide) groups is 1. The van der Waals surface area contributed by atoms with E-state index in [1.165, 1.54) is 17.2 Å². The average molecular weight is 198 g/mol. The molecule has 0 amide bonds. The van der Waals surface area contributed by atoms with Crippen LogP contribution in [0.1, 0.15) is 5.69 Å². The number of aliphatic carboxylic acids is 1. The molecule has 70 valence electrons. The summed E-state index contributed by atoms with van der Waals surface area (Å²) < 4.78 is 1.71. The summed E-state index contributed by atoms with van der Waals surface area (Å²) in [5.74, 6) is -0.939. The highest BCUT2D eigenvalue weighted by molar-refractivity contribution is 8.02. The maximum Gasteiger partial charge on any atom is 0.328 e. The number of carbonyl (C=O) groups is 1. The van der Waals surface area contributed by atoms with Crippen molar-refractivity contribution in [3.63, 3.8) is 0 Å². The van der Waals surface area contributed by atoms with E-state index in [0.29, 0.717) is 0 Å². The number of carboxylic acids is 1. The fourth-order valence-corrected chi connectivity index (χ4v) is 1.61. The lowest BCUT2D eigenvalue weighted by atomic mass is 10.5. The van der Waals surface area contributed by atoms with Crippen LogP contribution in [-0.2, 0) is 11.8 Å². The molecule has 1 aromatic heterocycles. The second kappa shape index (κ2) is 4.13. The molecule has 0 unspecified atom stereocenters. The molecule has 4 nitrogen and oxygen atoms in total. The third-order valence-corrected chi connectivity index (χ3v) is 2.25. The van der Waals surface area contributed by atoms with Crippen LogP contribution >= 0.6 is 11.8 Å². The molecule has 0 aromatic carbocycles. The zero-order valence-electron chi connectivity index (χ0n) is 7.39. The van der Waals surface area contributed by atoms with E-state index in [1.54, 1.807) is 4.68 Å². The lowest BCUT2D eigenvalue weighted by molar-refractivity contribution is -0.131. The Morgan fingerprint density at radius 2 is 2.46 bits per heavy atom. The number of nitrogens with zero attached hydrogens (tertiary/aromatic N) is 2. The fourth-order valence-electron chi connectivity index (χ4n) is 0.859. The predicted octanol–water partition coefficient (Wildman–Crippen LogP) is 1.42. The summed E-state index contributed by atoms with van der Waals surface area (Å²) in [5.41, 5.74) is 0.925. The zero-order valence-corrected chi connectivity index (χ0v) is 8.21. The van der Waals surface area contributed by atoms with Gasteiger partial charge in [-0.25, -0.2) is 4.79 Å². The van der Waals surface area contributed by atoms with Crippen molar-refractivity contribution in [2.24, 2.45) is 7.05 Å². The largest absolute Gasteiger partial charge is 0.478 e. The lowest BCUT2D eigenvalue weighted by Crippen LogP contribution is -1.91.